The van der Waals surface area contributed by atoms with Crippen LogP contribution in [0, 0.1) is 5.82 Å². The maximum atomic E-state index is 13.4. The van der Waals surface area contributed by atoms with E-state index in [2.05, 4.69) is 6.58 Å². The lowest BCUT2D eigenvalue weighted by Crippen LogP contribution is -2.07. The van der Waals surface area contributed by atoms with Crippen molar-refractivity contribution in [3.05, 3.63) is 42.2 Å². The first-order chi connectivity index (χ1) is 8.69. The molecular formula is C14H17FO3. The zero-order chi connectivity index (χ0) is 13.4. The minimum Gasteiger partial charge on any atom is -0.494 e. The van der Waals surface area contributed by atoms with Crippen LogP contribution in [0.2, 0.25) is 0 Å². The molecule has 0 bridgehead atoms. The Morgan fingerprint density at radius 3 is 2.83 bits per heavy atom. The van der Waals surface area contributed by atoms with Crippen molar-refractivity contribution in [3.63, 3.8) is 0 Å². The Morgan fingerprint density at radius 1 is 1.44 bits per heavy atom. The molecule has 98 valence electrons. The van der Waals surface area contributed by atoms with Gasteiger partial charge in [0.1, 0.15) is 0 Å². The number of hydrogen-bond acceptors (Lipinski definition) is 3. The van der Waals surface area contributed by atoms with E-state index in [0.717, 1.165) is 25.3 Å². The van der Waals surface area contributed by atoms with E-state index in [1.807, 2.05) is 6.08 Å². The van der Waals surface area contributed by atoms with Gasteiger partial charge in [0.05, 0.1) is 19.3 Å². The lowest BCUT2D eigenvalue weighted by atomic mass is 10.2. The predicted molar refractivity (Wildman–Crippen MR) is 67.3 cm³/mol. The molecule has 0 aromatic heterocycles. The number of rotatable bonds is 7. The summed E-state index contributed by atoms with van der Waals surface area (Å²) < 4.78 is 23.1. The van der Waals surface area contributed by atoms with Crippen LogP contribution in [0.1, 0.15) is 29.6 Å². The molecule has 0 spiro atoms. The second kappa shape index (κ2) is 7.48. The maximum Gasteiger partial charge on any atom is 0.338 e. The number of allylic oxidation sites excluding steroid dienone is 1. The molecule has 18 heavy (non-hydrogen) atoms. The molecule has 0 aliphatic heterocycles. The molecule has 4 heteroatoms. The van der Waals surface area contributed by atoms with E-state index in [9.17, 15) is 9.18 Å². The molecule has 0 heterocycles. The van der Waals surface area contributed by atoms with Crippen LogP contribution in [-0.4, -0.2) is 19.7 Å². The molecule has 1 rings (SSSR count). The van der Waals surface area contributed by atoms with Crippen molar-refractivity contribution >= 4 is 5.97 Å². The SMILES string of the molecule is C=CCCCCOC(=O)c1ccc(OC)c(F)c1. The topological polar surface area (TPSA) is 35.5 Å². The number of esters is 1. The smallest absolute Gasteiger partial charge is 0.338 e. The lowest BCUT2D eigenvalue weighted by molar-refractivity contribution is 0.0498. The van der Waals surface area contributed by atoms with Gasteiger partial charge < -0.3 is 9.47 Å². The molecule has 0 saturated carbocycles. The van der Waals surface area contributed by atoms with Crippen LogP contribution in [0.4, 0.5) is 4.39 Å². The van der Waals surface area contributed by atoms with E-state index in [1.54, 1.807) is 0 Å². The van der Waals surface area contributed by atoms with Gasteiger partial charge in [-0.3, -0.25) is 0 Å². The van der Waals surface area contributed by atoms with Crippen molar-refractivity contribution in [2.24, 2.45) is 0 Å². The van der Waals surface area contributed by atoms with Gasteiger partial charge in [-0.25, -0.2) is 9.18 Å². The van der Waals surface area contributed by atoms with Crippen LogP contribution in [-0.2, 0) is 4.74 Å². The van der Waals surface area contributed by atoms with Gasteiger partial charge >= 0.3 is 5.97 Å². The Hall–Kier alpha value is -1.84. The fourth-order valence-corrected chi connectivity index (χ4v) is 1.43. The zero-order valence-electron chi connectivity index (χ0n) is 10.4. The van der Waals surface area contributed by atoms with Gasteiger partial charge in [-0.15, -0.1) is 6.58 Å². The molecule has 0 fully saturated rings. The van der Waals surface area contributed by atoms with Crippen LogP contribution in [0.25, 0.3) is 0 Å². The van der Waals surface area contributed by atoms with Crippen molar-refractivity contribution in [2.45, 2.75) is 19.3 Å². The number of carbonyl (C=O) groups excluding carboxylic acids is 1. The van der Waals surface area contributed by atoms with Gasteiger partial charge in [0.2, 0.25) is 0 Å². The Labute approximate surface area is 106 Å². The highest BCUT2D eigenvalue weighted by molar-refractivity contribution is 5.89. The summed E-state index contributed by atoms with van der Waals surface area (Å²) in [5.41, 5.74) is 0.192. The fourth-order valence-electron chi connectivity index (χ4n) is 1.43. The third kappa shape index (κ3) is 4.20. The number of methoxy groups -OCH3 is 1. The van der Waals surface area contributed by atoms with E-state index >= 15 is 0 Å². The molecule has 0 unspecified atom stereocenters. The number of ether oxygens (including phenoxy) is 2. The summed E-state index contributed by atoms with van der Waals surface area (Å²) >= 11 is 0. The highest BCUT2D eigenvalue weighted by Gasteiger charge is 2.10. The summed E-state index contributed by atoms with van der Waals surface area (Å²) in [5, 5.41) is 0. The molecule has 1 aromatic rings. The summed E-state index contributed by atoms with van der Waals surface area (Å²) in [6, 6.07) is 4.00. The number of benzene rings is 1. The second-order valence-electron chi connectivity index (χ2n) is 3.77. The molecule has 0 aliphatic carbocycles. The molecule has 0 radical (unpaired) electrons. The van der Waals surface area contributed by atoms with Gasteiger partial charge in [0.15, 0.2) is 11.6 Å². The monoisotopic (exact) mass is 252 g/mol. The Morgan fingerprint density at radius 2 is 2.22 bits per heavy atom. The normalized spacial score (nSPS) is 9.89. The fraction of sp³-hybridized carbons (Fsp3) is 0.357. The first kappa shape index (κ1) is 14.2. The van der Waals surface area contributed by atoms with E-state index in [4.69, 9.17) is 9.47 Å². The first-order valence-corrected chi connectivity index (χ1v) is 5.80. The van der Waals surface area contributed by atoms with Crippen LogP contribution in [0.3, 0.4) is 0 Å². The van der Waals surface area contributed by atoms with Gasteiger partial charge in [-0.2, -0.15) is 0 Å². The molecule has 0 N–H and O–H groups in total. The van der Waals surface area contributed by atoms with Crippen molar-refractivity contribution in [2.75, 3.05) is 13.7 Å². The number of carbonyl (C=O) groups is 1. The van der Waals surface area contributed by atoms with Crippen LogP contribution in [0.15, 0.2) is 30.9 Å². The molecule has 1 aromatic carbocycles. The highest BCUT2D eigenvalue weighted by atomic mass is 19.1. The second-order valence-corrected chi connectivity index (χ2v) is 3.77. The summed E-state index contributed by atoms with van der Waals surface area (Å²) in [5.74, 6) is -0.980. The van der Waals surface area contributed by atoms with Crippen LogP contribution < -0.4 is 4.74 Å². The summed E-state index contributed by atoms with van der Waals surface area (Å²) in [4.78, 5) is 11.6. The molecule has 3 nitrogen and oxygen atoms in total. The van der Waals surface area contributed by atoms with E-state index in [1.165, 1.54) is 19.2 Å². The minimum atomic E-state index is -0.571. The quantitative estimate of drug-likeness (QED) is 0.424. The predicted octanol–water partition coefficient (Wildman–Crippen LogP) is 3.35. The van der Waals surface area contributed by atoms with Crippen LogP contribution >= 0.6 is 0 Å². The number of unbranched alkanes of at least 4 members (excludes halogenated alkanes) is 2. The largest absolute Gasteiger partial charge is 0.494 e. The van der Waals surface area contributed by atoms with Crippen molar-refractivity contribution < 1.29 is 18.7 Å². The van der Waals surface area contributed by atoms with Gasteiger partial charge in [-0.1, -0.05) is 6.08 Å². The number of hydrogen-bond donors (Lipinski definition) is 0. The third-order valence-electron chi connectivity index (χ3n) is 2.42. The molecule has 0 amide bonds. The maximum absolute atomic E-state index is 13.4. The van der Waals surface area contributed by atoms with Crippen molar-refractivity contribution in [1.29, 1.82) is 0 Å². The molecule has 0 aliphatic rings. The molecule has 0 saturated heterocycles. The Bertz CT molecular complexity index is 416. The average molecular weight is 252 g/mol. The van der Waals surface area contributed by atoms with E-state index in [-0.39, 0.29) is 11.3 Å². The third-order valence-corrected chi connectivity index (χ3v) is 2.42. The Balaban J connectivity index is 2.46. The minimum absolute atomic E-state index is 0.109. The standard InChI is InChI=1S/C14H17FO3/c1-3-4-5-6-9-18-14(16)11-7-8-13(17-2)12(15)10-11/h3,7-8,10H,1,4-6,9H2,2H3. The molecular weight excluding hydrogens is 235 g/mol. The average Bonchev–Trinajstić information content (AvgIpc) is 2.38. The van der Waals surface area contributed by atoms with Gasteiger partial charge in [-0.05, 0) is 37.5 Å². The summed E-state index contributed by atoms with van der Waals surface area (Å²) in [7, 11) is 1.37. The van der Waals surface area contributed by atoms with Crippen LogP contribution in [0.5, 0.6) is 5.75 Å². The Kier molecular flexibility index (Phi) is 5.91. The number of halogens is 1. The summed E-state index contributed by atoms with van der Waals surface area (Å²) in [6.45, 7) is 3.94. The van der Waals surface area contributed by atoms with Crippen molar-refractivity contribution in [3.8, 4) is 5.75 Å². The van der Waals surface area contributed by atoms with Gasteiger partial charge in [0, 0.05) is 0 Å². The first-order valence-electron chi connectivity index (χ1n) is 5.80. The zero-order valence-corrected chi connectivity index (χ0v) is 10.4. The highest BCUT2D eigenvalue weighted by Crippen LogP contribution is 2.18. The van der Waals surface area contributed by atoms with E-state index in [0.29, 0.717) is 6.61 Å². The van der Waals surface area contributed by atoms with Crippen molar-refractivity contribution in [1.82, 2.24) is 0 Å². The van der Waals surface area contributed by atoms with Gasteiger partial charge in [0.25, 0.3) is 0 Å². The lowest BCUT2D eigenvalue weighted by Gasteiger charge is -2.06. The van der Waals surface area contributed by atoms with E-state index < -0.39 is 11.8 Å². The molecule has 0 atom stereocenters. The summed E-state index contributed by atoms with van der Waals surface area (Å²) in [6.07, 6.45) is 4.42.